The number of hydrogen-bond acceptors (Lipinski definition) is 12. The number of hydrogen-bond donors (Lipinski definition) is 3. The van der Waals surface area contributed by atoms with Gasteiger partial charge in [-0.2, -0.15) is 4.41 Å². The minimum Gasteiger partial charge on any atom is -0.398 e. The quantitative estimate of drug-likeness (QED) is 0.157. The molecule has 3 rings (SSSR count). The third-order valence-electron chi connectivity index (χ3n) is 3.52. The summed E-state index contributed by atoms with van der Waals surface area (Å²) in [5.74, 6) is -1.65. The maximum Gasteiger partial charge on any atom is 0.276 e. The first-order chi connectivity index (χ1) is 13.9. The van der Waals surface area contributed by atoms with Crippen molar-refractivity contribution < 1.29 is 19.2 Å². The lowest BCUT2D eigenvalue weighted by molar-refractivity contribution is -0.132. The van der Waals surface area contributed by atoms with Crippen LogP contribution in [0.15, 0.2) is 21.0 Å². The molecular weight excluding hydrogens is 446 g/mol. The maximum absolute atomic E-state index is 12.7. The molecule has 3 N–H and O–H groups in total. The number of anilines is 1. The van der Waals surface area contributed by atoms with E-state index in [1.165, 1.54) is 24.4 Å². The molecule has 0 unspecified atom stereocenters. The van der Waals surface area contributed by atoms with Gasteiger partial charge in [0.05, 0.1) is 0 Å². The topological polar surface area (TPSA) is 153 Å². The van der Waals surface area contributed by atoms with Crippen molar-refractivity contribution in [2.45, 2.75) is 11.4 Å². The molecular formula is C13H16ClN9O4S2. The number of nitrogens with one attached hydrogen (secondary N) is 3. The summed E-state index contributed by atoms with van der Waals surface area (Å²) in [6.45, 7) is 0.448. The Morgan fingerprint density at radius 2 is 2.31 bits per heavy atom. The highest BCUT2D eigenvalue weighted by Crippen LogP contribution is 2.27. The van der Waals surface area contributed by atoms with Crippen LogP contribution in [0.5, 0.6) is 0 Å². The number of thiazole rings is 1. The summed E-state index contributed by atoms with van der Waals surface area (Å²) >= 11 is 7.76. The van der Waals surface area contributed by atoms with E-state index in [0.29, 0.717) is 6.67 Å². The van der Waals surface area contributed by atoms with E-state index >= 15 is 0 Å². The Morgan fingerprint density at radius 3 is 2.93 bits per heavy atom. The molecule has 1 aromatic heterocycles. The molecule has 1 saturated heterocycles. The summed E-state index contributed by atoms with van der Waals surface area (Å²) < 4.78 is 1.58. The molecule has 1 aromatic rings. The van der Waals surface area contributed by atoms with Crippen molar-refractivity contribution in [3.8, 4) is 0 Å². The van der Waals surface area contributed by atoms with Crippen LogP contribution in [0.2, 0.25) is 0 Å². The molecule has 0 spiro atoms. The number of alkyl halides is 1. The first-order valence-corrected chi connectivity index (χ1v) is 10.3. The standard InChI is InChI=1S/C13H16ClN9O4S2/c1-22-5-23(21-20-22)29-12-9(11(26)18-12)17-10(25)8(19-27-2)6-4-28-13(15-6)16-7(24)3-14/h4,9,12H,3,5H2,1-2H3,(H,17,25)(H,18,26)(H,15,16,24)/b19-8-/t9-,12-/m1/s1. The lowest BCUT2D eigenvalue weighted by atomic mass is 10.1. The molecule has 2 aliphatic rings. The van der Waals surface area contributed by atoms with E-state index in [9.17, 15) is 14.4 Å². The molecule has 0 aliphatic carbocycles. The average Bonchev–Trinajstić information content (AvgIpc) is 3.32. The number of halogens is 1. The highest BCUT2D eigenvalue weighted by atomic mass is 35.5. The van der Waals surface area contributed by atoms with Crippen molar-refractivity contribution in [2.24, 2.45) is 15.6 Å². The molecule has 2 aliphatic heterocycles. The third kappa shape index (κ3) is 5.04. The van der Waals surface area contributed by atoms with Gasteiger partial charge in [0.2, 0.25) is 11.8 Å². The van der Waals surface area contributed by atoms with Crippen LogP contribution >= 0.6 is 34.9 Å². The zero-order valence-electron chi connectivity index (χ0n) is 15.2. The molecule has 156 valence electrons. The van der Waals surface area contributed by atoms with Crippen LogP contribution in [0, 0.1) is 0 Å². The highest BCUT2D eigenvalue weighted by molar-refractivity contribution is 7.97. The van der Waals surface area contributed by atoms with Gasteiger partial charge >= 0.3 is 0 Å². The zero-order chi connectivity index (χ0) is 21.0. The van der Waals surface area contributed by atoms with Crippen LogP contribution in [0.1, 0.15) is 5.69 Å². The van der Waals surface area contributed by atoms with E-state index in [0.717, 1.165) is 11.3 Å². The molecule has 1 fully saturated rings. The van der Waals surface area contributed by atoms with Crippen LogP contribution in [-0.2, 0) is 19.2 Å². The van der Waals surface area contributed by atoms with Crippen molar-refractivity contribution in [2.75, 3.05) is 32.0 Å². The Bertz CT molecular complexity index is 863. The van der Waals surface area contributed by atoms with E-state index in [1.807, 2.05) is 0 Å². The van der Waals surface area contributed by atoms with Crippen molar-refractivity contribution in [3.05, 3.63) is 11.1 Å². The Hall–Kier alpha value is -2.65. The van der Waals surface area contributed by atoms with Gasteiger partial charge in [-0.25, -0.2) is 4.98 Å². The minimum atomic E-state index is -0.801. The second kappa shape index (κ2) is 9.23. The van der Waals surface area contributed by atoms with E-state index in [4.69, 9.17) is 16.4 Å². The minimum absolute atomic E-state index is 0.140. The largest absolute Gasteiger partial charge is 0.398 e. The molecule has 0 aromatic carbocycles. The Morgan fingerprint density at radius 1 is 1.52 bits per heavy atom. The number of aromatic nitrogens is 1. The first kappa shape index (κ1) is 21.1. The van der Waals surface area contributed by atoms with Crippen LogP contribution in [0.4, 0.5) is 5.13 Å². The molecule has 0 bridgehead atoms. The van der Waals surface area contributed by atoms with Gasteiger partial charge in [0, 0.05) is 24.4 Å². The predicted octanol–water partition coefficient (Wildman–Crippen LogP) is -0.253. The zero-order valence-corrected chi connectivity index (χ0v) is 17.5. The lowest BCUT2D eigenvalue weighted by Gasteiger charge is -2.37. The summed E-state index contributed by atoms with van der Waals surface area (Å²) in [5.41, 5.74) is 0.0392. The molecule has 0 radical (unpaired) electrons. The average molecular weight is 462 g/mol. The molecule has 0 saturated carbocycles. The van der Waals surface area contributed by atoms with Gasteiger partial charge < -0.3 is 20.8 Å². The highest BCUT2D eigenvalue weighted by Gasteiger charge is 2.43. The molecule has 13 nitrogen and oxygen atoms in total. The summed E-state index contributed by atoms with van der Waals surface area (Å²) in [7, 11) is 3.03. The number of carbonyl (C=O) groups is 3. The number of nitrogens with zero attached hydrogens (tertiary/aromatic N) is 6. The van der Waals surface area contributed by atoms with E-state index in [1.54, 1.807) is 16.5 Å². The van der Waals surface area contributed by atoms with Crippen LogP contribution in [0.3, 0.4) is 0 Å². The van der Waals surface area contributed by atoms with Gasteiger partial charge in [0.15, 0.2) is 10.8 Å². The molecule has 3 amide bonds. The predicted molar refractivity (Wildman–Crippen MR) is 106 cm³/mol. The Balaban J connectivity index is 1.65. The van der Waals surface area contributed by atoms with Gasteiger partial charge in [0.1, 0.15) is 36.8 Å². The Kier molecular flexibility index (Phi) is 6.71. The fourth-order valence-electron chi connectivity index (χ4n) is 2.21. The Labute approximate surface area is 177 Å². The van der Waals surface area contributed by atoms with Gasteiger partial charge in [0.25, 0.3) is 5.91 Å². The summed E-state index contributed by atoms with van der Waals surface area (Å²) in [6, 6.07) is -0.801. The van der Waals surface area contributed by atoms with Crippen LogP contribution in [0.25, 0.3) is 0 Å². The van der Waals surface area contributed by atoms with Crippen molar-refractivity contribution in [3.63, 3.8) is 0 Å². The number of rotatable bonds is 8. The molecule has 16 heteroatoms. The number of amides is 3. The van der Waals surface area contributed by atoms with E-state index in [-0.39, 0.29) is 28.3 Å². The SMILES string of the molecule is CO/N=C(\C(=O)N[C@@H]1C(=O)N[C@@H]1SN1CN(C)N=N1)c1csc(NC(=O)CCl)n1. The smallest absolute Gasteiger partial charge is 0.276 e. The second-order valence-electron chi connectivity index (χ2n) is 5.66. The number of β-lactam (4-membered cyclic amide) rings is 1. The van der Waals surface area contributed by atoms with Crippen molar-refractivity contribution >= 4 is 63.5 Å². The summed E-state index contributed by atoms with van der Waals surface area (Å²) in [4.78, 5) is 44.8. The van der Waals surface area contributed by atoms with Gasteiger partial charge in [-0.1, -0.05) is 10.4 Å². The van der Waals surface area contributed by atoms with E-state index < -0.39 is 23.2 Å². The lowest BCUT2D eigenvalue weighted by Crippen LogP contribution is -2.68. The first-order valence-electron chi connectivity index (χ1n) is 8.02. The van der Waals surface area contributed by atoms with Crippen LogP contribution in [-0.4, -0.2) is 76.0 Å². The molecule has 3 heterocycles. The normalized spacial score (nSPS) is 20.9. The number of carbonyl (C=O) groups excluding carboxylic acids is 3. The second-order valence-corrected chi connectivity index (χ2v) is 7.92. The van der Waals surface area contributed by atoms with Gasteiger partial charge in [-0.3, -0.25) is 19.4 Å². The van der Waals surface area contributed by atoms with Crippen molar-refractivity contribution in [1.82, 2.24) is 25.0 Å². The molecule has 2 atom stereocenters. The fourth-order valence-corrected chi connectivity index (χ4v) is 4.04. The maximum atomic E-state index is 12.7. The third-order valence-corrected chi connectivity index (χ3v) is 5.57. The summed E-state index contributed by atoms with van der Waals surface area (Å²) in [6.07, 6.45) is 0. The number of oxime groups is 1. The summed E-state index contributed by atoms with van der Waals surface area (Å²) in [5, 5.41) is 22.2. The van der Waals surface area contributed by atoms with E-state index in [2.05, 4.69) is 36.5 Å². The van der Waals surface area contributed by atoms with Crippen LogP contribution < -0.4 is 16.0 Å². The monoisotopic (exact) mass is 461 g/mol. The van der Waals surface area contributed by atoms with Gasteiger partial charge in [-0.05, 0) is 5.22 Å². The van der Waals surface area contributed by atoms with Crippen molar-refractivity contribution in [1.29, 1.82) is 0 Å². The van der Waals surface area contributed by atoms with Gasteiger partial charge in [-0.15, -0.1) is 22.9 Å². The fraction of sp³-hybridized carbons (Fsp3) is 0.462. The molecule has 29 heavy (non-hydrogen) atoms.